The first-order chi connectivity index (χ1) is 10.5. The number of hydrogen-bond donors (Lipinski definition) is 0. The maximum atomic E-state index is 12.5. The van der Waals surface area contributed by atoms with Crippen molar-refractivity contribution in [2.75, 3.05) is 31.3 Å². The van der Waals surface area contributed by atoms with Gasteiger partial charge in [0, 0.05) is 6.61 Å². The van der Waals surface area contributed by atoms with E-state index in [1.165, 1.54) is 11.3 Å². The first-order valence-electron chi connectivity index (χ1n) is 7.20. The van der Waals surface area contributed by atoms with Crippen LogP contribution in [0, 0.1) is 6.92 Å². The Balaban J connectivity index is 1.77. The molecule has 0 aliphatic carbocycles. The molecule has 1 unspecified atom stereocenters. The number of nitrogens with zero attached hydrogens (tertiary/aromatic N) is 2. The van der Waals surface area contributed by atoms with Crippen molar-refractivity contribution in [3.05, 3.63) is 15.6 Å². The van der Waals surface area contributed by atoms with E-state index in [4.69, 9.17) is 9.57 Å². The lowest BCUT2D eigenvalue weighted by Gasteiger charge is -2.17. The molecule has 9 heteroatoms. The third-order valence-corrected chi connectivity index (χ3v) is 6.52. The zero-order valence-electron chi connectivity index (χ0n) is 12.3. The number of carbonyl (C=O) groups excluding carboxylic acids is 1. The molecule has 2 aliphatic heterocycles. The first kappa shape index (κ1) is 15.9. The van der Waals surface area contributed by atoms with Crippen LogP contribution in [0.3, 0.4) is 0 Å². The van der Waals surface area contributed by atoms with Gasteiger partial charge in [-0.1, -0.05) is 0 Å². The molecule has 0 N–H and O–H groups in total. The zero-order valence-corrected chi connectivity index (χ0v) is 13.9. The molecule has 1 aromatic heterocycles. The quantitative estimate of drug-likeness (QED) is 0.797. The molecule has 122 valence electrons. The molecule has 1 amide bonds. The van der Waals surface area contributed by atoms with E-state index in [0.29, 0.717) is 10.6 Å². The average Bonchev–Trinajstić information content (AvgIpc) is 3.07. The van der Waals surface area contributed by atoms with Crippen molar-refractivity contribution < 1.29 is 22.8 Å². The summed E-state index contributed by atoms with van der Waals surface area (Å²) in [4.78, 5) is 22.8. The number of sulfone groups is 1. The number of amides is 1. The largest absolute Gasteiger partial charge is 0.371 e. The van der Waals surface area contributed by atoms with Gasteiger partial charge in [-0.05, 0) is 19.8 Å². The third-order valence-electron chi connectivity index (χ3n) is 3.69. The Morgan fingerprint density at radius 1 is 1.36 bits per heavy atom. The van der Waals surface area contributed by atoms with Crippen LogP contribution in [0.2, 0.25) is 0 Å². The minimum absolute atomic E-state index is 0.00448. The summed E-state index contributed by atoms with van der Waals surface area (Å²) in [6, 6.07) is 0. The lowest BCUT2D eigenvalue weighted by atomic mass is 10.2. The number of aromatic nitrogens is 1. The highest BCUT2D eigenvalue weighted by Gasteiger charge is 2.29. The molecule has 3 heterocycles. The number of rotatable bonds is 2. The molecule has 0 radical (unpaired) electrons. The van der Waals surface area contributed by atoms with Gasteiger partial charge in [0.25, 0.3) is 5.91 Å². The van der Waals surface area contributed by atoms with Gasteiger partial charge in [-0.2, -0.15) is 0 Å². The molecule has 0 aromatic carbocycles. The summed E-state index contributed by atoms with van der Waals surface area (Å²) < 4.78 is 28.7. The molecule has 1 aromatic rings. The summed E-state index contributed by atoms with van der Waals surface area (Å²) in [5, 5.41) is 1.95. The van der Waals surface area contributed by atoms with E-state index in [2.05, 4.69) is 4.98 Å². The number of hydrogen-bond acceptors (Lipinski definition) is 7. The first-order valence-corrected chi connectivity index (χ1v) is 9.84. The Kier molecular flexibility index (Phi) is 4.49. The molecular weight excluding hydrogens is 328 g/mol. The number of hydroxylamine groups is 2. The van der Waals surface area contributed by atoms with E-state index in [-0.39, 0.29) is 36.7 Å². The second-order valence-electron chi connectivity index (χ2n) is 5.36. The van der Waals surface area contributed by atoms with E-state index in [0.717, 1.165) is 29.5 Å². The Labute approximate surface area is 133 Å². The Morgan fingerprint density at radius 3 is 2.91 bits per heavy atom. The van der Waals surface area contributed by atoms with E-state index in [9.17, 15) is 13.2 Å². The SMILES string of the molecule is Cc1nc(C2CCCO2)sc1C(=O)N1CCS(=O)(=O)CCO1. The predicted molar refractivity (Wildman–Crippen MR) is 80.4 cm³/mol. The van der Waals surface area contributed by atoms with Gasteiger partial charge >= 0.3 is 0 Å². The van der Waals surface area contributed by atoms with Crippen molar-refractivity contribution in [1.29, 1.82) is 0 Å². The monoisotopic (exact) mass is 346 g/mol. The second-order valence-corrected chi connectivity index (χ2v) is 8.69. The fourth-order valence-electron chi connectivity index (χ4n) is 2.46. The summed E-state index contributed by atoms with van der Waals surface area (Å²) >= 11 is 1.31. The van der Waals surface area contributed by atoms with Crippen molar-refractivity contribution in [3.8, 4) is 0 Å². The van der Waals surface area contributed by atoms with Gasteiger partial charge in [-0.15, -0.1) is 11.3 Å². The van der Waals surface area contributed by atoms with Crippen molar-refractivity contribution in [2.45, 2.75) is 25.9 Å². The van der Waals surface area contributed by atoms with Gasteiger partial charge in [0.05, 0.1) is 30.4 Å². The van der Waals surface area contributed by atoms with Gasteiger partial charge in [-0.25, -0.2) is 18.5 Å². The summed E-state index contributed by atoms with van der Waals surface area (Å²) in [5.41, 5.74) is 0.635. The molecule has 3 rings (SSSR count). The van der Waals surface area contributed by atoms with E-state index < -0.39 is 9.84 Å². The van der Waals surface area contributed by atoms with Crippen LogP contribution in [-0.2, 0) is 19.4 Å². The van der Waals surface area contributed by atoms with E-state index in [1.54, 1.807) is 6.92 Å². The van der Waals surface area contributed by atoms with Crippen LogP contribution in [0.1, 0.15) is 39.3 Å². The highest BCUT2D eigenvalue weighted by Crippen LogP contribution is 2.33. The zero-order chi connectivity index (χ0) is 15.7. The van der Waals surface area contributed by atoms with Crippen molar-refractivity contribution in [3.63, 3.8) is 0 Å². The molecule has 0 spiro atoms. The van der Waals surface area contributed by atoms with Crippen molar-refractivity contribution in [2.24, 2.45) is 0 Å². The summed E-state index contributed by atoms with van der Waals surface area (Å²) in [5.74, 6) is -0.453. The van der Waals surface area contributed by atoms with Gasteiger partial charge < -0.3 is 4.74 Å². The van der Waals surface area contributed by atoms with Gasteiger partial charge in [0.2, 0.25) is 0 Å². The summed E-state index contributed by atoms with van der Waals surface area (Å²) in [7, 11) is -3.14. The van der Waals surface area contributed by atoms with Crippen LogP contribution < -0.4 is 0 Å². The average molecular weight is 346 g/mol. The molecule has 1 atom stereocenters. The molecule has 2 aliphatic rings. The van der Waals surface area contributed by atoms with Crippen LogP contribution in [0.5, 0.6) is 0 Å². The van der Waals surface area contributed by atoms with E-state index >= 15 is 0 Å². The van der Waals surface area contributed by atoms with Crippen LogP contribution in [0.25, 0.3) is 0 Å². The molecule has 2 saturated heterocycles. The number of thiazole rings is 1. The summed E-state index contributed by atoms with van der Waals surface area (Å²) in [6.07, 6.45) is 1.88. The second kappa shape index (κ2) is 6.23. The third kappa shape index (κ3) is 3.32. The fraction of sp³-hybridized carbons (Fsp3) is 0.692. The number of carbonyl (C=O) groups is 1. The van der Waals surface area contributed by atoms with E-state index in [1.807, 2.05) is 0 Å². The van der Waals surface area contributed by atoms with Gasteiger partial charge in [-0.3, -0.25) is 9.63 Å². The predicted octanol–water partition coefficient (Wildman–Crippen LogP) is 1.11. The maximum absolute atomic E-state index is 12.5. The Morgan fingerprint density at radius 2 is 2.18 bits per heavy atom. The van der Waals surface area contributed by atoms with Gasteiger partial charge in [0.1, 0.15) is 16.0 Å². The highest BCUT2D eigenvalue weighted by molar-refractivity contribution is 7.91. The van der Waals surface area contributed by atoms with Crippen LogP contribution in [0.15, 0.2) is 0 Å². The molecule has 2 fully saturated rings. The van der Waals surface area contributed by atoms with Crippen LogP contribution in [-0.4, -0.2) is 55.6 Å². The lowest BCUT2D eigenvalue weighted by molar-refractivity contribution is -0.111. The molecule has 22 heavy (non-hydrogen) atoms. The number of aryl methyl sites for hydroxylation is 1. The normalized spacial score (nSPS) is 25.1. The minimum Gasteiger partial charge on any atom is -0.371 e. The van der Waals surface area contributed by atoms with Crippen LogP contribution >= 0.6 is 11.3 Å². The highest BCUT2D eigenvalue weighted by atomic mass is 32.2. The van der Waals surface area contributed by atoms with Crippen molar-refractivity contribution in [1.82, 2.24) is 10.0 Å². The molecule has 7 nitrogen and oxygen atoms in total. The Bertz CT molecular complexity index is 664. The van der Waals surface area contributed by atoms with Crippen LogP contribution in [0.4, 0.5) is 0 Å². The smallest absolute Gasteiger partial charge is 0.289 e. The molecule has 0 bridgehead atoms. The minimum atomic E-state index is -3.14. The fourth-order valence-corrected chi connectivity index (χ4v) is 4.53. The standard InChI is InChI=1S/C13H18N2O5S2/c1-9-11(21-12(14-9)10-3-2-5-19-10)13(16)15-4-7-22(17,18)8-6-20-15/h10H,2-8H2,1H3. The molecule has 0 saturated carbocycles. The molecular formula is C13H18N2O5S2. The topological polar surface area (TPSA) is 85.8 Å². The lowest BCUT2D eigenvalue weighted by Crippen LogP contribution is -2.32. The maximum Gasteiger partial charge on any atom is 0.289 e. The Hall–Kier alpha value is -1.03. The summed E-state index contributed by atoms with van der Waals surface area (Å²) in [6.45, 7) is 2.55. The van der Waals surface area contributed by atoms with Crippen molar-refractivity contribution >= 4 is 27.1 Å². The van der Waals surface area contributed by atoms with Gasteiger partial charge in [0.15, 0.2) is 9.84 Å². The number of ether oxygens (including phenoxy) is 1.